The Morgan fingerprint density at radius 3 is 2.55 bits per heavy atom. The molecule has 2 aliphatic heterocycles. The van der Waals surface area contributed by atoms with Crippen LogP contribution in [0.25, 0.3) is 0 Å². The summed E-state index contributed by atoms with van der Waals surface area (Å²) < 4.78 is 11.1. The molecule has 0 radical (unpaired) electrons. The number of ether oxygens (including phenoxy) is 2. The lowest BCUT2D eigenvalue weighted by molar-refractivity contribution is 0.0893. The molecule has 7 nitrogen and oxygen atoms in total. The summed E-state index contributed by atoms with van der Waals surface area (Å²) in [6.07, 6.45) is 4.54. The normalized spacial score (nSPS) is 21.2. The van der Waals surface area contributed by atoms with Gasteiger partial charge in [-0.2, -0.15) is 0 Å². The second-order valence-corrected chi connectivity index (χ2v) is 7.83. The Morgan fingerprint density at radius 2 is 1.86 bits per heavy atom. The summed E-state index contributed by atoms with van der Waals surface area (Å²) in [5.41, 5.74) is 0. The van der Waals surface area contributed by atoms with Crippen LogP contribution < -0.4 is 10.6 Å². The number of aliphatic imine (C=N–C) groups is 1. The zero-order valence-corrected chi connectivity index (χ0v) is 21.0. The third-order valence-electron chi connectivity index (χ3n) is 5.54. The van der Waals surface area contributed by atoms with Gasteiger partial charge in [-0.05, 0) is 45.7 Å². The van der Waals surface area contributed by atoms with Crippen molar-refractivity contribution in [3.63, 3.8) is 0 Å². The molecule has 2 heterocycles. The van der Waals surface area contributed by atoms with Crippen LogP contribution in [0.3, 0.4) is 0 Å². The van der Waals surface area contributed by atoms with Gasteiger partial charge in [0, 0.05) is 64.9 Å². The second kappa shape index (κ2) is 17.5. The van der Waals surface area contributed by atoms with Gasteiger partial charge in [0.1, 0.15) is 0 Å². The summed E-state index contributed by atoms with van der Waals surface area (Å²) in [5.74, 6) is 1.53. The number of nitrogens with one attached hydrogen (secondary N) is 2. The molecule has 0 aromatic rings. The van der Waals surface area contributed by atoms with Crippen LogP contribution in [0.1, 0.15) is 39.5 Å². The van der Waals surface area contributed by atoms with Gasteiger partial charge >= 0.3 is 0 Å². The van der Waals surface area contributed by atoms with Crippen LogP contribution in [-0.2, 0) is 9.47 Å². The molecular weight excluding hydrogens is 481 g/mol. The van der Waals surface area contributed by atoms with Crippen LogP contribution in [0.2, 0.25) is 0 Å². The van der Waals surface area contributed by atoms with Gasteiger partial charge < -0.3 is 29.9 Å². The molecule has 1 atom stereocenters. The maximum atomic E-state index is 5.75. The molecule has 8 heteroatoms. The van der Waals surface area contributed by atoms with Crippen LogP contribution in [0.15, 0.2) is 4.99 Å². The Kier molecular flexibility index (Phi) is 16.2. The highest BCUT2D eigenvalue weighted by Crippen LogP contribution is 2.12. The van der Waals surface area contributed by atoms with E-state index in [1.165, 1.54) is 52.1 Å². The van der Waals surface area contributed by atoms with Crippen LogP contribution in [0.5, 0.6) is 0 Å². The molecule has 2 saturated heterocycles. The molecular formula is C21H44IN5O2. The van der Waals surface area contributed by atoms with E-state index in [0.29, 0.717) is 5.92 Å². The first kappa shape index (κ1) is 26.9. The first-order valence-electron chi connectivity index (χ1n) is 11.4. The molecule has 2 aliphatic rings. The molecule has 0 bridgehead atoms. The predicted molar refractivity (Wildman–Crippen MR) is 132 cm³/mol. The lowest BCUT2D eigenvalue weighted by atomic mass is 10.1. The van der Waals surface area contributed by atoms with E-state index in [0.717, 1.165) is 64.9 Å². The average Bonchev–Trinajstić information content (AvgIpc) is 3.24. The van der Waals surface area contributed by atoms with Gasteiger partial charge in [-0.1, -0.05) is 6.92 Å². The fourth-order valence-electron chi connectivity index (χ4n) is 3.66. The van der Waals surface area contributed by atoms with E-state index in [2.05, 4.69) is 39.3 Å². The summed E-state index contributed by atoms with van der Waals surface area (Å²) in [7, 11) is 0. The highest BCUT2D eigenvalue weighted by Gasteiger charge is 2.15. The Balaban J connectivity index is 0.00000420. The summed E-state index contributed by atoms with van der Waals surface area (Å²) in [4.78, 5) is 9.80. The van der Waals surface area contributed by atoms with Crippen molar-refractivity contribution in [1.29, 1.82) is 0 Å². The third-order valence-corrected chi connectivity index (χ3v) is 5.54. The minimum atomic E-state index is 0. The molecule has 0 amide bonds. The van der Waals surface area contributed by atoms with E-state index < -0.39 is 0 Å². The second-order valence-electron chi connectivity index (χ2n) is 7.83. The Bertz CT molecular complexity index is 414. The van der Waals surface area contributed by atoms with E-state index in [1.807, 2.05) is 0 Å². The highest BCUT2D eigenvalue weighted by atomic mass is 127. The third kappa shape index (κ3) is 12.3. The van der Waals surface area contributed by atoms with Gasteiger partial charge in [0.05, 0.1) is 13.2 Å². The number of guanidine groups is 1. The van der Waals surface area contributed by atoms with Gasteiger partial charge in [-0.15, -0.1) is 24.0 Å². The van der Waals surface area contributed by atoms with Crippen LogP contribution in [-0.4, -0.2) is 101 Å². The number of rotatable bonds is 13. The quantitative estimate of drug-likeness (QED) is 0.166. The summed E-state index contributed by atoms with van der Waals surface area (Å²) in [6, 6.07) is 0. The molecule has 29 heavy (non-hydrogen) atoms. The zero-order chi connectivity index (χ0) is 19.9. The maximum Gasteiger partial charge on any atom is 0.191 e. The van der Waals surface area contributed by atoms with Crippen molar-refractivity contribution in [3.05, 3.63) is 0 Å². The van der Waals surface area contributed by atoms with Crippen molar-refractivity contribution in [1.82, 2.24) is 20.4 Å². The smallest absolute Gasteiger partial charge is 0.191 e. The molecule has 0 aromatic carbocycles. The van der Waals surface area contributed by atoms with Crippen LogP contribution in [0, 0.1) is 5.92 Å². The number of hydrogen-bond donors (Lipinski definition) is 2. The lowest BCUT2D eigenvalue weighted by Gasteiger charge is -2.34. The number of unbranched alkanes of at least 4 members (excludes halogenated alkanes) is 1. The van der Waals surface area contributed by atoms with E-state index in [4.69, 9.17) is 9.47 Å². The molecule has 2 N–H and O–H groups in total. The minimum Gasteiger partial charge on any atom is -0.381 e. The van der Waals surface area contributed by atoms with Gasteiger partial charge in [0.15, 0.2) is 5.96 Å². The van der Waals surface area contributed by atoms with Crippen molar-refractivity contribution in [2.45, 2.75) is 39.5 Å². The molecule has 0 aromatic heterocycles. The topological polar surface area (TPSA) is 61.4 Å². The highest BCUT2D eigenvalue weighted by molar-refractivity contribution is 14.0. The summed E-state index contributed by atoms with van der Waals surface area (Å²) >= 11 is 0. The largest absolute Gasteiger partial charge is 0.381 e. The first-order valence-corrected chi connectivity index (χ1v) is 11.4. The SMILES string of the molecule is CCNC(=NCCCOCC1CCOC1)NCCCCN1CCN(CC)CC1.I. The summed E-state index contributed by atoms with van der Waals surface area (Å²) in [6.45, 7) is 17.7. The molecule has 2 fully saturated rings. The van der Waals surface area contributed by atoms with E-state index in [1.54, 1.807) is 0 Å². The van der Waals surface area contributed by atoms with Crippen molar-refractivity contribution >= 4 is 29.9 Å². The fraction of sp³-hybridized carbons (Fsp3) is 0.952. The lowest BCUT2D eigenvalue weighted by Crippen LogP contribution is -2.46. The standard InChI is InChI=1S/C21H43N5O2.HI/c1-3-22-21(24-10-7-16-27-18-20-8-17-28-19-20)23-9-5-6-11-26-14-12-25(4-2)13-15-26;/h20H,3-19H2,1-2H3,(H2,22,23,24);1H. The zero-order valence-electron chi connectivity index (χ0n) is 18.7. The van der Waals surface area contributed by atoms with Crippen LogP contribution in [0.4, 0.5) is 0 Å². The minimum absolute atomic E-state index is 0. The molecule has 0 saturated carbocycles. The van der Waals surface area contributed by atoms with Crippen molar-refractivity contribution in [2.24, 2.45) is 10.9 Å². The van der Waals surface area contributed by atoms with Gasteiger partial charge in [-0.3, -0.25) is 4.99 Å². The molecule has 0 aliphatic carbocycles. The maximum absolute atomic E-state index is 5.75. The Hall–Kier alpha value is -0.160. The average molecular weight is 526 g/mol. The van der Waals surface area contributed by atoms with Crippen molar-refractivity contribution in [2.75, 3.05) is 85.3 Å². The number of piperazine rings is 1. The van der Waals surface area contributed by atoms with E-state index in [-0.39, 0.29) is 24.0 Å². The fourth-order valence-corrected chi connectivity index (χ4v) is 3.66. The van der Waals surface area contributed by atoms with Crippen molar-refractivity contribution in [3.8, 4) is 0 Å². The Labute approximate surface area is 195 Å². The monoisotopic (exact) mass is 525 g/mol. The van der Waals surface area contributed by atoms with E-state index in [9.17, 15) is 0 Å². The van der Waals surface area contributed by atoms with Gasteiger partial charge in [-0.25, -0.2) is 0 Å². The molecule has 1 unspecified atom stereocenters. The molecule has 172 valence electrons. The van der Waals surface area contributed by atoms with Crippen LogP contribution >= 0.6 is 24.0 Å². The predicted octanol–water partition coefficient (Wildman–Crippen LogP) is 2.02. The van der Waals surface area contributed by atoms with Gasteiger partial charge in [0.25, 0.3) is 0 Å². The first-order chi connectivity index (χ1) is 13.8. The van der Waals surface area contributed by atoms with E-state index >= 15 is 0 Å². The number of likely N-dealkylation sites (N-methyl/N-ethyl adjacent to an activating group) is 1. The van der Waals surface area contributed by atoms with Gasteiger partial charge in [0.2, 0.25) is 0 Å². The number of halogens is 1. The van der Waals surface area contributed by atoms with Crippen molar-refractivity contribution < 1.29 is 9.47 Å². The number of hydrogen-bond acceptors (Lipinski definition) is 5. The molecule has 0 spiro atoms. The molecule has 2 rings (SSSR count). The summed E-state index contributed by atoms with van der Waals surface area (Å²) in [5, 5.41) is 6.80. The number of nitrogens with zero attached hydrogens (tertiary/aromatic N) is 3. The Morgan fingerprint density at radius 1 is 1.07 bits per heavy atom.